The summed E-state index contributed by atoms with van der Waals surface area (Å²) in [5, 5.41) is 10.9. The van der Waals surface area contributed by atoms with E-state index in [1.54, 1.807) is 0 Å². The highest BCUT2D eigenvalue weighted by Crippen LogP contribution is 2.19. The van der Waals surface area contributed by atoms with Gasteiger partial charge in [0.15, 0.2) is 0 Å². The maximum absolute atomic E-state index is 12.1. The Bertz CT molecular complexity index is 846. The number of anilines is 1. The molecule has 2 aromatic carbocycles. The van der Waals surface area contributed by atoms with Crippen molar-refractivity contribution in [2.24, 2.45) is 0 Å². The smallest absolute Gasteiger partial charge is 0.247 e. The lowest BCUT2D eigenvalue weighted by molar-refractivity contribution is -0.116. The summed E-state index contributed by atoms with van der Waals surface area (Å²) in [6, 6.07) is 15.4. The minimum Gasteiger partial charge on any atom is -0.421 e. The molecule has 5 nitrogen and oxygen atoms in total. The zero-order chi connectivity index (χ0) is 16.9. The van der Waals surface area contributed by atoms with Crippen LogP contribution >= 0.6 is 22.6 Å². The summed E-state index contributed by atoms with van der Waals surface area (Å²) >= 11 is 2.25. The Labute approximate surface area is 153 Å². The second-order valence-corrected chi connectivity index (χ2v) is 6.54. The largest absolute Gasteiger partial charge is 0.421 e. The molecule has 6 heteroatoms. The monoisotopic (exact) mass is 433 g/mol. The molecule has 0 unspecified atom stereocenters. The second kappa shape index (κ2) is 7.57. The number of carbonyl (C=O) groups excluding carboxylic acids is 1. The highest BCUT2D eigenvalue weighted by Gasteiger charge is 2.10. The van der Waals surface area contributed by atoms with Crippen molar-refractivity contribution < 1.29 is 9.21 Å². The summed E-state index contributed by atoms with van der Waals surface area (Å²) in [7, 11) is 0. The number of nitrogens with zero attached hydrogens (tertiary/aromatic N) is 2. The van der Waals surface area contributed by atoms with Crippen LogP contribution in [0.3, 0.4) is 0 Å². The van der Waals surface area contributed by atoms with Gasteiger partial charge in [-0.15, -0.1) is 10.2 Å². The molecule has 0 fully saturated rings. The fraction of sp³-hybridized carbons (Fsp3) is 0.167. The van der Waals surface area contributed by atoms with Crippen molar-refractivity contribution in [3.63, 3.8) is 0 Å². The van der Waals surface area contributed by atoms with Gasteiger partial charge in [0, 0.05) is 27.7 Å². The first-order valence-electron chi connectivity index (χ1n) is 7.55. The van der Waals surface area contributed by atoms with E-state index in [0.717, 1.165) is 14.8 Å². The summed E-state index contributed by atoms with van der Waals surface area (Å²) in [5.41, 5.74) is 2.85. The Morgan fingerprint density at radius 3 is 2.71 bits per heavy atom. The zero-order valence-corrected chi connectivity index (χ0v) is 15.3. The van der Waals surface area contributed by atoms with Gasteiger partial charge in [-0.1, -0.05) is 24.3 Å². The molecule has 1 heterocycles. The number of aryl methyl sites for hydroxylation is 2. The second-order valence-electron chi connectivity index (χ2n) is 5.38. The quantitative estimate of drug-likeness (QED) is 0.612. The highest BCUT2D eigenvalue weighted by molar-refractivity contribution is 14.1. The predicted molar refractivity (Wildman–Crippen MR) is 101 cm³/mol. The van der Waals surface area contributed by atoms with Gasteiger partial charge in [-0.3, -0.25) is 4.79 Å². The van der Waals surface area contributed by atoms with Crippen LogP contribution < -0.4 is 5.32 Å². The molecule has 0 saturated heterocycles. The molecule has 3 aromatic rings. The molecule has 3 rings (SSSR count). The molecular weight excluding hydrogens is 417 g/mol. The molecule has 24 heavy (non-hydrogen) atoms. The molecule has 0 aliphatic carbocycles. The van der Waals surface area contributed by atoms with Gasteiger partial charge in [0.25, 0.3) is 0 Å². The molecule has 0 saturated carbocycles. The Kier molecular flexibility index (Phi) is 5.24. The minimum absolute atomic E-state index is 0.0749. The minimum atomic E-state index is -0.0749. The number of aromatic nitrogens is 2. The van der Waals surface area contributed by atoms with E-state index in [-0.39, 0.29) is 5.91 Å². The van der Waals surface area contributed by atoms with Gasteiger partial charge in [0.2, 0.25) is 17.7 Å². The van der Waals surface area contributed by atoms with Crippen molar-refractivity contribution in [3.05, 3.63) is 63.6 Å². The number of benzene rings is 2. The van der Waals surface area contributed by atoms with Crippen LogP contribution in [0.15, 0.2) is 52.9 Å². The van der Waals surface area contributed by atoms with Gasteiger partial charge in [0.1, 0.15) is 0 Å². The standard InChI is InChI=1S/C18H16IN3O2/c1-12-7-8-14(11-15(12)19)20-16(23)9-10-17-21-22-18(24-17)13-5-3-2-4-6-13/h2-8,11H,9-10H2,1H3,(H,20,23). The number of hydrogen-bond acceptors (Lipinski definition) is 4. The number of halogens is 1. The molecule has 1 aromatic heterocycles. The molecule has 0 aliphatic rings. The zero-order valence-electron chi connectivity index (χ0n) is 13.1. The van der Waals surface area contributed by atoms with Crippen LogP contribution in [0, 0.1) is 10.5 Å². The first kappa shape index (κ1) is 16.6. The molecule has 0 spiro atoms. The third kappa shape index (κ3) is 4.19. The summed E-state index contributed by atoms with van der Waals surface area (Å²) in [4.78, 5) is 12.1. The Balaban J connectivity index is 1.56. The van der Waals surface area contributed by atoms with Gasteiger partial charge >= 0.3 is 0 Å². The Morgan fingerprint density at radius 2 is 1.96 bits per heavy atom. The van der Waals surface area contributed by atoms with Crippen molar-refractivity contribution in [2.75, 3.05) is 5.32 Å². The maximum atomic E-state index is 12.1. The first-order chi connectivity index (χ1) is 11.6. The molecule has 0 bridgehead atoms. The Hall–Kier alpha value is -2.22. The SMILES string of the molecule is Cc1ccc(NC(=O)CCc2nnc(-c3ccccc3)o2)cc1I. The molecule has 0 aliphatic heterocycles. The van der Waals surface area contributed by atoms with Crippen molar-refractivity contribution in [1.82, 2.24) is 10.2 Å². The van der Waals surface area contributed by atoms with Gasteiger partial charge < -0.3 is 9.73 Å². The molecule has 0 radical (unpaired) electrons. The number of hydrogen-bond donors (Lipinski definition) is 1. The van der Waals surface area contributed by atoms with Crippen LogP contribution in [0.1, 0.15) is 17.9 Å². The molecule has 122 valence electrons. The summed E-state index contributed by atoms with van der Waals surface area (Å²) in [6.45, 7) is 2.03. The van der Waals surface area contributed by atoms with Crippen LogP contribution in [0.5, 0.6) is 0 Å². The van der Waals surface area contributed by atoms with E-state index < -0.39 is 0 Å². The fourth-order valence-corrected chi connectivity index (χ4v) is 2.68. The summed E-state index contributed by atoms with van der Waals surface area (Å²) in [5.74, 6) is 0.857. The fourth-order valence-electron chi connectivity index (χ4n) is 2.17. The van der Waals surface area contributed by atoms with E-state index >= 15 is 0 Å². The van der Waals surface area contributed by atoms with Crippen LogP contribution in [0.2, 0.25) is 0 Å². The van der Waals surface area contributed by atoms with E-state index in [0.29, 0.717) is 24.6 Å². The lowest BCUT2D eigenvalue weighted by Crippen LogP contribution is -2.12. The molecule has 1 amide bonds. The first-order valence-corrected chi connectivity index (χ1v) is 8.63. The van der Waals surface area contributed by atoms with Gasteiger partial charge in [-0.25, -0.2) is 0 Å². The highest BCUT2D eigenvalue weighted by atomic mass is 127. The van der Waals surface area contributed by atoms with E-state index in [2.05, 4.69) is 38.1 Å². The van der Waals surface area contributed by atoms with Crippen molar-refractivity contribution in [2.45, 2.75) is 19.8 Å². The molecule has 0 atom stereocenters. The van der Waals surface area contributed by atoms with Gasteiger partial charge in [0.05, 0.1) is 0 Å². The van der Waals surface area contributed by atoms with Crippen molar-refractivity contribution in [1.29, 1.82) is 0 Å². The number of carbonyl (C=O) groups is 1. The van der Waals surface area contributed by atoms with Gasteiger partial charge in [-0.05, 0) is 59.3 Å². The van der Waals surface area contributed by atoms with E-state index in [1.807, 2.05) is 55.5 Å². The topological polar surface area (TPSA) is 68.0 Å². The third-order valence-electron chi connectivity index (χ3n) is 3.51. The van der Waals surface area contributed by atoms with Gasteiger partial charge in [-0.2, -0.15) is 0 Å². The number of nitrogens with one attached hydrogen (secondary N) is 1. The van der Waals surface area contributed by atoms with Crippen LogP contribution in [0.4, 0.5) is 5.69 Å². The van der Waals surface area contributed by atoms with E-state index in [1.165, 1.54) is 5.56 Å². The summed E-state index contributed by atoms with van der Waals surface area (Å²) in [6.07, 6.45) is 0.704. The summed E-state index contributed by atoms with van der Waals surface area (Å²) < 4.78 is 6.72. The van der Waals surface area contributed by atoms with E-state index in [9.17, 15) is 4.79 Å². The van der Waals surface area contributed by atoms with Crippen LogP contribution in [0.25, 0.3) is 11.5 Å². The normalized spacial score (nSPS) is 10.6. The van der Waals surface area contributed by atoms with Crippen molar-refractivity contribution in [3.8, 4) is 11.5 Å². The lowest BCUT2D eigenvalue weighted by Gasteiger charge is -2.06. The van der Waals surface area contributed by atoms with E-state index in [4.69, 9.17) is 4.42 Å². The molecular formula is C18H16IN3O2. The number of rotatable bonds is 5. The molecule has 1 N–H and O–H groups in total. The maximum Gasteiger partial charge on any atom is 0.247 e. The van der Waals surface area contributed by atoms with Crippen LogP contribution in [-0.4, -0.2) is 16.1 Å². The van der Waals surface area contributed by atoms with Crippen LogP contribution in [-0.2, 0) is 11.2 Å². The number of amides is 1. The Morgan fingerprint density at radius 1 is 1.17 bits per heavy atom. The predicted octanol–water partition coefficient (Wildman–Crippen LogP) is 4.22. The average molecular weight is 433 g/mol. The average Bonchev–Trinajstić information content (AvgIpc) is 3.06. The third-order valence-corrected chi connectivity index (χ3v) is 4.67. The van der Waals surface area contributed by atoms with Crippen molar-refractivity contribution >= 4 is 34.2 Å². The lowest BCUT2D eigenvalue weighted by atomic mass is 10.2.